The van der Waals surface area contributed by atoms with Crippen molar-refractivity contribution in [3.05, 3.63) is 33.7 Å². The van der Waals surface area contributed by atoms with E-state index in [0.717, 1.165) is 22.5 Å². The van der Waals surface area contributed by atoms with Crippen LogP contribution in [0.5, 0.6) is 11.5 Å². The molecule has 1 amide bonds. The molecule has 0 atom stereocenters. The summed E-state index contributed by atoms with van der Waals surface area (Å²) < 4.78 is 11.7. The molecular formula is C20H23N5O4S. The Bertz CT molecular complexity index is 1120. The van der Waals surface area contributed by atoms with E-state index in [2.05, 4.69) is 20.6 Å². The minimum atomic E-state index is -0.432. The number of carbonyl (C=O) groups excluding carboxylic acids is 1. The summed E-state index contributed by atoms with van der Waals surface area (Å²) in [4.78, 5) is 25.4. The van der Waals surface area contributed by atoms with Crippen LogP contribution >= 0.6 is 11.3 Å². The summed E-state index contributed by atoms with van der Waals surface area (Å²) >= 11 is 1.40. The highest BCUT2D eigenvalue weighted by Crippen LogP contribution is 2.35. The number of anilines is 1. The monoisotopic (exact) mass is 429 g/mol. The van der Waals surface area contributed by atoms with Crippen LogP contribution in [-0.4, -0.2) is 40.1 Å². The van der Waals surface area contributed by atoms with Gasteiger partial charge in [-0.1, -0.05) is 30.6 Å². The standard InChI is InChI=1S/C20H23N5O4S/c1-28-14-9-8-13-10-21-25(19(27)16(13)17(14)29-2)11-15(26)22-20-24-23-18(30-20)12-6-4-3-5-7-12/h8-10,12H,3-7,11H2,1-2H3,(H,22,24,26). The Balaban J connectivity index is 1.53. The number of hydrogen-bond acceptors (Lipinski definition) is 8. The first-order valence-corrected chi connectivity index (χ1v) is 10.7. The van der Waals surface area contributed by atoms with Gasteiger partial charge in [-0.25, -0.2) is 4.68 Å². The lowest BCUT2D eigenvalue weighted by atomic mass is 9.90. The maximum absolute atomic E-state index is 12.9. The van der Waals surface area contributed by atoms with Crippen molar-refractivity contribution in [2.24, 2.45) is 0 Å². The van der Waals surface area contributed by atoms with Gasteiger partial charge in [0.1, 0.15) is 11.6 Å². The van der Waals surface area contributed by atoms with Crippen LogP contribution in [0.4, 0.5) is 5.13 Å². The zero-order chi connectivity index (χ0) is 21.1. The van der Waals surface area contributed by atoms with E-state index < -0.39 is 11.5 Å². The summed E-state index contributed by atoms with van der Waals surface area (Å²) in [5.74, 6) is 0.789. The number of rotatable bonds is 6. The van der Waals surface area contributed by atoms with Gasteiger partial charge < -0.3 is 9.47 Å². The van der Waals surface area contributed by atoms with Gasteiger partial charge in [0.25, 0.3) is 5.56 Å². The van der Waals surface area contributed by atoms with Crippen LogP contribution in [0.3, 0.4) is 0 Å². The third-order valence-electron chi connectivity index (χ3n) is 5.30. The fourth-order valence-corrected chi connectivity index (χ4v) is 4.72. The van der Waals surface area contributed by atoms with Gasteiger partial charge >= 0.3 is 0 Å². The lowest BCUT2D eigenvalue weighted by Crippen LogP contribution is -2.29. The van der Waals surface area contributed by atoms with E-state index in [1.807, 2.05) is 0 Å². The van der Waals surface area contributed by atoms with E-state index in [-0.39, 0.29) is 6.54 Å². The number of ether oxygens (including phenoxy) is 2. The Kier molecular flexibility index (Phi) is 5.93. The van der Waals surface area contributed by atoms with Crippen molar-refractivity contribution in [1.29, 1.82) is 0 Å². The highest BCUT2D eigenvalue weighted by Gasteiger charge is 2.21. The smallest absolute Gasteiger partial charge is 0.279 e. The molecule has 9 nitrogen and oxygen atoms in total. The summed E-state index contributed by atoms with van der Waals surface area (Å²) in [6.45, 7) is -0.243. The number of aromatic nitrogens is 4. The zero-order valence-corrected chi connectivity index (χ0v) is 17.7. The first kappa shape index (κ1) is 20.3. The molecule has 2 aromatic heterocycles. The van der Waals surface area contributed by atoms with Gasteiger partial charge in [-0.2, -0.15) is 5.10 Å². The van der Waals surface area contributed by atoms with Crippen molar-refractivity contribution in [2.75, 3.05) is 19.5 Å². The second kappa shape index (κ2) is 8.78. The van der Waals surface area contributed by atoms with Crippen LogP contribution < -0.4 is 20.3 Å². The normalized spacial score (nSPS) is 14.6. The summed E-state index contributed by atoms with van der Waals surface area (Å²) in [6, 6.07) is 3.43. The highest BCUT2D eigenvalue weighted by atomic mass is 32.1. The second-order valence-electron chi connectivity index (χ2n) is 7.20. The van der Waals surface area contributed by atoms with Gasteiger partial charge in [-0.15, -0.1) is 10.2 Å². The molecule has 0 spiro atoms. The number of nitrogens with one attached hydrogen (secondary N) is 1. The van der Waals surface area contributed by atoms with Crippen LogP contribution in [0.2, 0.25) is 0 Å². The maximum atomic E-state index is 12.9. The minimum Gasteiger partial charge on any atom is -0.493 e. The van der Waals surface area contributed by atoms with E-state index in [9.17, 15) is 9.59 Å². The molecule has 0 saturated heterocycles. The molecule has 1 aromatic carbocycles. The Labute approximate surface area is 177 Å². The number of amides is 1. The maximum Gasteiger partial charge on any atom is 0.279 e. The SMILES string of the molecule is COc1ccc2cnn(CC(=O)Nc3nnc(C4CCCCC4)s3)c(=O)c2c1OC. The van der Waals surface area contributed by atoms with Crippen molar-refractivity contribution >= 4 is 33.1 Å². The summed E-state index contributed by atoms with van der Waals surface area (Å²) in [6.07, 6.45) is 7.43. The molecule has 0 radical (unpaired) electrons. The first-order chi connectivity index (χ1) is 14.6. The predicted molar refractivity (Wildman–Crippen MR) is 113 cm³/mol. The van der Waals surface area contributed by atoms with Crippen LogP contribution in [0, 0.1) is 0 Å². The van der Waals surface area contributed by atoms with Crippen molar-refractivity contribution in [1.82, 2.24) is 20.0 Å². The summed E-state index contributed by atoms with van der Waals surface area (Å²) in [7, 11) is 2.97. The van der Waals surface area contributed by atoms with Crippen LogP contribution in [0.15, 0.2) is 23.1 Å². The first-order valence-electron chi connectivity index (χ1n) is 9.84. The lowest BCUT2D eigenvalue weighted by Gasteiger charge is -2.18. The Morgan fingerprint density at radius 3 is 2.73 bits per heavy atom. The molecule has 1 saturated carbocycles. The number of nitrogens with zero attached hydrogens (tertiary/aromatic N) is 4. The number of methoxy groups -OCH3 is 2. The van der Waals surface area contributed by atoms with E-state index >= 15 is 0 Å². The van der Waals surface area contributed by atoms with Crippen molar-refractivity contribution in [3.8, 4) is 11.5 Å². The van der Waals surface area contributed by atoms with Crippen molar-refractivity contribution in [3.63, 3.8) is 0 Å². The predicted octanol–water partition coefficient (Wildman–Crippen LogP) is 2.95. The second-order valence-corrected chi connectivity index (χ2v) is 8.21. The van der Waals surface area contributed by atoms with E-state index in [0.29, 0.717) is 33.3 Å². The van der Waals surface area contributed by atoms with Crippen molar-refractivity contribution in [2.45, 2.75) is 44.6 Å². The Hall–Kier alpha value is -3.01. The molecule has 10 heteroatoms. The summed E-state index contributed by atoms with van der Waals surface area (Å²) in [5, 5.41) is 17.5. The molecular weight excluding hydrogens is 406 g/mol. The fraction of sp³-hybridized carbons (Fsp3) is 0.450. The largest absolute Gasteiger partial charge is 0.493 e. The molecule has 4 rings (SSSR count). The van der Waals surface area contributed by atoms with Gasteiger partial charge in [-0.05, 0) is 25.0 Å². The van der Waals surface area contributed by atoms with Crippen LogP contribution in [0.25, 0.3) is 10.8 Å². The highest BCUT2D eigenvalue weighted by molar-refractivity contribution is 7.15. The van der Waals surface area contributed by atoms with Gasteiger partial charge in [-0.3, -0.25) is 14.9 Å². The van der Waals surface area contributed by atoms with Gasteiger partial charge in [0.05, 0.1) is 25.8 Å². The molecule has 0 bridgehead atoms. The number of benzene rings is 1. The Morgan fingerprint density at radius 1 is 1.20 bits per heavy atom. The van der Waals surface area contributed by atoms with Gasteiger partial charge in [0, 0.05) is 11.3 Å². The Morgan fingerprint density at radius 2 is 2.00 bits per heavy atom. The number of carbonyl (C=O) groups is 1. The molecule has 1 aliphatic carbocycles. The van der Waals surface area contributed by atoms with Crippen LogP contribution in [0.1, 0.15) is 43.0 Å². The van der Waals surface area contributed by atoms with Crippen LogP contribution in [-0.2, 0) is 11.3 Å². The third kappa shape index (κ3) is 4.00. The molecule has 1 aliphatic rings. The van der Waals surface area contributed by atoms with Crippen molar-refractivity contribution < 1.29 is 14.3 Å². The quantitative estimate of drug-likeness (QED) is 0.642. The average Bonchev–Trinajstić information content (AvgIpc) is 3.23. The number of hydrogen-bond donors (Lipinski definition) is 1. The number of fused-ring (bicyclic) bond motifs is 1. The average molecular weight is 430 g/mol. The topological polar surface area (TPSA) is 108 Å². The van der Waals surface area contributed by atoms with E-state index in [1.54, 1.807) is 12.1 Å². The lowest BCUT2D eigenvalue weighted by molar-refractivity contribution is -0.117. The molecule has 30 heavy (non-hydrogen) atoms. The molecule has 158 valence electrons. The molecule has 2 heterocycles. The van der Waals surface area contributed by atoms with Gasteiger partial charge in [0.15, 0.2) is 11.5 Å². The minimum absolute atomic E-state index is 0.243. The molecule has 0 aliphatic heterocycles. The molecule has 1 fully saturated rings. The van der Waals surface area contributed by atoms with E-state index in [4.69, 9.17) is 9.47 Å². The summed E-state index contributed by atoms with van der Waals surface area (Å²) in [5.41, 5.74) is -0.432. The molecule has 1 N–H and O–H groups in total. The molecule has 0 unspecified atom stereocenters. The van der Waals surface area contributed by atoms with E-state index in [1.165, 1.54) is 51.0 Å². The van der Waals surface area contributed by atoms with Gasteiger partial charge in [0.2, 0.25) is 11.0 Å². The third-order valence-corrected chi connectivity index (χ3v) is 6.30. The molecule has 3 aromatic rings. The zero-order valence-electron chi connectivity index (χ0n) is 16.9. The fourth-order valence-electron chi connectivity index (χ4n) is 3.79.